The molecule has 2 aliphatic heterocycles. The van der Waals surface area contributed by atoms with Crippen molar-refractivity contribution in [3.63, 3.8) is 0 Å². The lowest BCUT2D eigenvalue weighted by Gasteiger charge is -2.10. The van der Waals surface area contributed by atoms with Crippen LogP contribution < -0.4 is 0 Å². The summed E-state index contributed by atoms with van der Waals surface area (Å²) in [4.78, 5) is 31.4. The zero-order chi connectivity index (χ0) is 42.4. The Morgan fingerprint density at radius 3 is 1.38 bits per heavy atom. The summed E-state index contributed by atoms with van der Waals surface area (Å²) in [7, 11) is 0. The van der Waals surface area contributed by atoms with Gasteiger partial charge in [-0.15, -0.1) is 0 Å². The van der Waals surface area contributed by atoms with Gasteiger partial charge >= 0.3 is 5.97 Å². The number of nitrogens with one attached hydrogen (secondary N) is 2. The monoisotopic (exact) mass is 814 g/mol. The number of aryl methyl sites for hydroxylation is 1. The van der Waals surface area contributed by atoms with E-state index in [1.54, 1.807) is 10.7 Å². The molecule has 3 N–H and O–H groups in total. The summed E-state index contributed by atoms with van der Waals surface area (Å²) in [6.45, 7) is 2.02. The van der Waals surface area contributed by atoms with E-state index < -0.39 is 5.97 Å². The van der Waals surface area contributed by atoms with E-state index in [0.29, 0.717) is 5.69 Å². The molecule has 8 bridgehead atoms. The quantitative estimate of drug-likeness (QED) is 0.148. The highest BCUT2D eigenvalue weighted by atomic mass is 16.4. The summed E-state index contributed by atoms with van der Waals surface area (Å²) in [6.07, 6.45) is 8.32. The summed E-state index contributed by atoms with van der Waals surface area (Å²) in [5.41, 5.74) is 17.1. The van der Waals surface area contributed by atoms with Gasteiger partial charge in [-0.1, -0.05) is 139 Å². The molecule has 0 unspecified atom stereocenters. The van der Waals surface area contributed by atoms with Gasteiger partial charge in [-0.25, -0.2) is 19.4 Å². The number of H-pyrrole nitrogens is 2. The van der Waals surface area contributed by atoms with Crippen molar-refractivity contribution in [3.05, 3.63) is 204 Å². The first-order chi connectivity index (χ1) is 31.0. The van der Waals surface area contributed by atoms with Crippen molar-refractivity contribution in [2.75, 3.05) is 0 Å². The van der Waals surface area contributed by atoms with E-state index in [1.165, 1.54) is 0 Å². The maximum atomic E-state index is 12.7. The van der Waals surface area contributed by atoms with Crippen LogP contribution in [-0.2, 0) is 0 Å². The number of carboxylic acid groups (broad SMARTS) is 1. The van der Waals surface area contributed by atoms with Crippen LogP contribution in [-0.4, -0.2) is 40.8 Å². The number of rotatable bonds is 7. The molecule has 8 nitrogen and oxygen atoms in total. The van der Waals surface area contributed by atoms with Gasteiger partial charge in [0.15, 0.2) is 5.69 Å². The lowest BCUT2D eigenvalue weighted by atomic mass is 10.0. The Morgan fingerprint density at radius 1 is 0.492 bits per heavy atom. The zero-order valence-electron chi connectivity index (χ0n) is 34.1. The highest BCUT2D eigenvalue weighted by Crippen LogP contribution is 2.42. The normalized spacial score (nSPS) is 11.9. The van der Waals surface area contributed by atoms with Crippen molar-refractivity contribution >= 4 is 52.3 Å². The van der Waals surface area contributed by atoms with E-state index in [9.17, 15) is 9.90 Å². The van der Waals surface area contributed by atoms with Crippen LogP contribution >= 0.6 is 0 Å². The smallest absolute Gasteiger partial charge is 0.356 e. The van der Waals surface area contributed by atoms with Crippen LogP contribution in [0.2, 0.25) is 0 Å². The Morgan fingerprint density at radius 2 is 0.921 bits per heavy atom. The van der Waals surface area contributed by atoms with E-state index in [0.717, 1.165) is 106 Å². The Labute approximate surface area is 362 Å². The summed E-state index contributed by atoms with van der Waals surface area (Å²) in [6, 6.07) is 57.1. The number of carboxylic acids is 1. The molecule has 2 aliphatic rings. The van der Waals surface area contributed by atoms with Gasteiger partial charge in [0, 0.05) is 44.4 Å². The third kappa shape index (κ3) is 6.76. The summed E-state index contributed by atoms with van der Waals surface area (Å²) in [5.74, 6) is -1.12. The van der Waals surface area contributed by atoms with Crippen LogP contribution in [0.5, 0.6) is 0 Å². The molecule has 11 rings (SSSR count). The molecule has 5 aromatic carbocycles. The standard InChI is InChI=1S/C55H38N6O2/c1-34-22-24-39(25-23-34)61-49(33-48(60-61)55(62)63)40-32-47-52(37-18-10-4-11-19-37)45-29-28-43(57-45)50(35-14-6-2-7-15-35)41-26-27-42(56-41)51(36-16-8-3-9-17-36)44-30-31-46(58-44)53(54(40)59-47)38-20-12-5-13-21-38/h2-33,56,59H,1H3,(H,62,63). The zero-order valence-corrected chi connectivity index (χ0v) is 34.1. The van der Waals surface area contributed by atoms with Gasteiger partial charge in [-0.3, -0.25) is 0 Å². The second-order valence-electron chi connectivity index (χ2n) is 15.6. The van der Waals surface area contributed by atoms with Crippen molar-refractivity contribution in [2.24, 2.45) is 0 Å². The number of hydrogen-bond donors (Lipinski definition) is 3. The Hall–Kier alpha value is -8.62. The molecule has 0 fully saturated rings. The van der Waals surface area contributed by atoms with Crippen LogP contribution in [0, 0.1) is 6.92 Å². The number of carbonyl (C=O) groups is 1. The first-order valence-electron chi connectivity index (χ1n) is 20.8. The van der Waals surface area contributed by atoms with E-state index in [1.807, 2.05) is 104 Å². The van der Waals surface area contributed by atoms with Crippen molar-refractivity contribution < 1.29 is 9.90 Å². The molecule has 0 radical (unpaired) electrons. The maximum Gasteiger partial charge on any atom is 0.356 e. The number of aromatic carboxylic acids is 1. The number of aromatic amines is 2. The van der Waals surface area contributed by atoms with Gasteiger partial charge in [0.05, 0.1) is 39.7 Å². The molecule has 0 aliphatic carbocycles. The van der Waals surface area contributed by atoms with Gasteiger partial charge < -0.3 is 15.1 Å². The third-order valence-corrected chi connectivity index (χ3v) is 11.6. The lowest BCUT2D eigenvalue weighted by molar-refractivity contribution is 0.0690. The molecule has 0 spiro atoms. The molecule has 0 saturated heterocycles. The molecule has 4 aromatic heterocycles. The van der Waals surface area contributed by atoms with Gasteiger partial charge in [0.1, 0.15) is 0 Å². The van der Waals surface area contributed by atoms with Crippen LogP contribution in [0.1, 0.15) is 38.8 Å². The minimum atomic E-state index is -1.12. The second kappa shape index (κ2) is 15.4. The molecular weight excluding hydrogens is 777 g/mol. The molecule has 8 heteroatoms. The largest absolute Gasteiger partial charge is 0.476 e. The Kier molecular flexibility index (Phi) is 9.16. The lowest BCUT2D eigenvalue weighted by Crippen LogP contribution is -2.02. The number of fused-ring (bicyclic) bond motifs is 8. The highest BCUT2D eigenvalue weighted by molar-refractivity contribution is 6.04. The van der Waals surface area contributed by atoms with E-state index in [2.05, 4.69) is 106 Å². The number of benzene rings is 5. The molecule has 300 valence electrons. The first-order valence-corrected chi connectivity index (χ1v) is 20.8. The number of hydrogen-bond acceptors (Lipinski definition) is 4. The average molecular weight is 815 g/mol. The predicted molar refractivity (Wildman–Crippen MR) is 255 cm³/mol. The van der Waals surface area contributed by atoms with Gasteiger partial charge in [0.25, 0.3) is 0 Å². The summed E-state index contributed by atoms with van der Waals surface area (Å²) in [5, 5.41) is 15.1. The van der Waals surface area contributed by atoms with Crippen molar-refractivity contribution in [1.82, 2.24) is 29.7 Å². The number of nitrogens with zero attached hydrogens (tertiary/aromatic N) is 4. The van der Waals surface area contributed by atoms with Crippen LogP contribution in [0.25, 0.3) is 108 Å². The first kappa shape index (κ1) is 37.4. The summed E-state index contributed by atoms with van der Waals surface area (Å²) >= 11 is 0. The van der Waals surface area contributed by atoms with Gasteiger partial charge in [-0.05, 0) is 89.9 Å². The fraction of sp³-hybridized carbons (Fsp3) is 0.0182. The molecule has 63 heavy (non-hydrogen) atoms. The second-order valence-corrected chi connectivity index (χ2v) is 15.6. The molecule has 9 aromatic rings. The van der Waals surface area contributed by atoms with E-state index in [4.69, 9.17) is 9.97 Å². The van der Waals surface area contributed by atoms with E-state index in [-0.39, 0.29) is 5.69 Å². The minimum Gasteiger partial charge on any atom is -0.476 e. The van der Waals surface area contributed by atoms with Gasteiger partial charge in [-0.2, -0.15) is 5.10 Å². The number of aromatic nitrogens is 6. The fourth-order valence-electron chi connectivity index (χ4n) is 8.68. The predicted octanol–water partition coefficient (Wildman–Crippen LogP) is 13.2. The third-order valence-electron chi connectivity index (χ3n) is 11.6. The van der Waals surface area contributed by atoms with E-state index >= 15 is 0 Å². The molecule has 6 heterocycles. The Bertz CT molecular complexity index is 3450. The van der Waals surface area contributed by atoms with Crippen LogP contribution in [0.15, 0.2) is 170 Å². The van der Waals surface area contributed by atoms with Crippen molar-refractivity contribution in [1.29, 1.82) is 0 Å². The van der Waals surface area contributed by atoms with Crippen molar-refractivity contribution in [2.45, 2.75) is 6.92 Å². The SMILES string of the molecule is Cc1ccc(-n2nc(C(=O)O)cc2-c2cc3[nH]c2c(-c2ccccc2)c2nc(c(-c4ccccc4)c4ccc([nH]4)c(-c4ccccc4)c4nc(c3-c3ccccc3)C=C4)C=C2)cc1. The summed E-state index contributed by atoms with van der Waals surface area (Å²) < 4.78 is 1.72. The molecule has 0 amide bonds. The molecular formula is C55H38N6O2. The Balaban J connectivity index is 1.37. The topological polar surface area (TPSA) is 112 Å². The minimum absolute atomic E-state index is 0.0709. The van der Waals surface area contributed by atoms with Crippen LogP contribution in [0.3, 0.4) is 0 Å². The van der Waals surface area contributed by atoms with Crippen LogP contribution in [0.4, 0.5) is 0 Å². The molecule has 0 saturated carbocycles. The molecule has 0 atom stereocenters. The van der Waals surface area contributed by atoms with Crippen molar-refractivity contribution in [3.8, 4) is 61.5 Å². The fourth-order valence-corrected chi connectivity index (χ4v) is 8.68. The average Bonchev–Trinajstić information content (AvgIpc) is 4.19. The maximum absolute atomic E-state index is 12.7. The highest BCUT2D eigenvalue weighted by Gasteiger charge is 2.24. The van der Waals surface area contributed by atoms with Gasteiger partial charge in [0.2, 0.25) is 0 Å².